The summed E-state index contributed by atoms with van der Waals surface area (Å²) < 4.78 is 6.17. The number of pyridine rings is 1. The van der Waals surface area contributed by atoms with E-state index in [1.807, 2.05) is 6.92 Å². The standard InChI is InChI=1S/C13H19BrN2O2/c1-4-18-8-12(9(2)3)16-13(17)10-5-11(14)7-15-6-10/h5-7,9,12H,4,8H2,1-3H3,(H,16,17). The van der Waals surface area contributed by atoms with E-state index in [-0.39, 0.29) is 11.9 Å². The van der Waals surface area contributed by atoms with Crippen molar-refractivity contribution in [2.75, 3.05) is 13.2 Å². The second-order valence-corrected chi connectivity index (χ2v) is 5.29. The van der Waals surface area contributed by atoms with Crippen LogP contribution >= 0.6 is 15.9 Å². The Kier molecular flexibility index (Phi) is 6.29. The molecule has 100 valence electrons. The molecule has 0 aliphatic heterocycles. The molecule has 0 radical (unpaired) electrons. The minimum absolute atomic E-state index is 0.0106. The van der Waals surface area contributed by atoms with Crippen LogP contribution < -0.4 is 5.32 Å². The number of hydrogen-bond donors (Lipinski definition) is 1. The van der Waals surface area contributed by atoms with E-state index in [9.17, 15) is 4.79 Å². The number of amides is 1. The Morgan fingerprint density at radius 2 is 2.22 bits per heavy atom. The fourth-order valence-electron chi connectivity index (χ4n) is 1.43. The molecule has 1 rings (SSSR count). The third kappa shape index (κ3) is 4.74. The number of nitrogens with zero attached hydrogens (tertiary/aromatic N) is 1. The summed E-state index contributed by atoms with van der Waals surface area (Å²) in [5, 5.41) is 2.97. The Bertz CT molecular complexity index is 396. The molecule has 0 aliphatic carbocycles. The third-order valence-electron chi connectivity index (χ3n) is 2.59. The van der Waals surface area contributed by atoms with Crippen LogP contribution in [0.3, 0.4) is 0 Å². The fraction of sp³-hybridized carbons (Fsp3) is 0.538. The molecule has 0 aromatic carbocycles. The number of nitrogens with one attached hydrogen (secondary N) is 1. The lowest BCUT2D eigenvalue weighted by Crippen LogP contribution is -2.41. The zero-order valence-electron chi connectivity index (χ0n) is 10.9. The molecular formula is C13H19BrN2O2. The molecule has 1 amide bonds. The van der Waals surface area contributed by atoms with E-state index >= 15 is 0 Å². The van der Waals surface area contributed by atoms with Gasteiger partial charge in [0.1, 0.15) is 0 Å². The summed E-state index contributed by atoms with van der Waals surface area (Å²) in [5.74, 6) is 0.197. The lowest BCUT2D eigenvalue weighted by Gasteiger charge is -2.22. The van der Waals surface area contributed by atoms with Crippen molar-refractivity contribution >= 4 is 21.8 Å². The van der Waals surface area contributed by atoms with Gasteiger partial charge < -0.3 is 10.1 Å². The first-order chi connectivity index (χ1) is 8.54. The van der Waals surface area contributed by atoms with Gasteiger partial charge in [-0.15, -0.1) is 0 Å². The number of rotatable bonds is 6. The molecule has 4 nitrogen and oxygen atoms in total. The monoisotopic (exact) mass is 314 g/mol. The molecule has 1 aromatic heterocycles. The zero-order valence-corrected chi connectivity index (χ0v) is 12.5. The molecule has 0 aliphatic rings. The molecule has 1 aromatic rings. The highest BCUT2D eigenvalue weighted by Gasteiger charge is 2.17. The first-order valence-corrected chi connectivity index (χ1v) is 6.83. The minimum atomic E-state index is -0.123. The Morgan fingerprint density at radius 3 is 2.78 bits per heavy atom. The minimum Gasteiger partial charge on any atom is -0.380 e. The van der Waals surface area contributed by atoms with Crippen molar-refractivity contribution in [1.82, 2.24) is 10.3 Å². The average Bonchev–Trinajstić information content (AvgIpc) is 2.33. The molecule has 1 unspecified atom stereocenters. The maximum atomic E-state index is 12.0. The van der Waals surface area contributed by atoms with Gasteiger partial charge in [-0.3, -0.25) is 9.78 Å². The van der Waals surface area contributed by atoms with Crippen LogP contribution in [0.2, 0.25) is 0 Å². The number of carbonyl (C=O) groups is 1. The topological polar surface area (TPSA) is 51.2 Å². The summed E-state index contributed by atoms with van der Waals surface area (Å²) in [5.41, 5.74) is 0.548. The smallest absolute Gasteiger partial charge is 0.253 e. The second kappa shape index (κ2) is 7.48. The first kappa shape index (κ1) is 15.1. The van der Waals surface area contributed by atoms with E-state index < -0.39 is 0 Å². The van der Waals surface area contributed by atoms with E-state index in [4.69, 9.17) is 4.74 Å². The van der Waals surface area contributed by atoms with Crippen molar-refractivity contribution in [2.45, 2.75) is 26.8 Å². The molecule has 0 saturated heterocycles. The van der Waals surface area contributed by atoms with Crippen molar-refractivity contribution in [3.63, 3.8) is 0 Å². The van der Waals surface area contributed by atoms with Crippen LogP contribution in [-0.4, -0.2) is 30.1 Å². The van der Waals surface area contributed by atoms with E-state index in [0.29, 0.717) is 24.7 Å². The van der Waals surface area contributed by atoms with Gasteiger partial charge in [0.25, 0.3) is 5.91 Å². The quantitative estimate of drug-likeness (QED) is 0.878. The molecular weight excluding hydrogens is 296 g/mol. The Morgan fingerprint density at radius 1 is 1.50 bits per heavy atom. The molecule has 1 heterocycles. The molecule has 18 heavy (non-hydrogen) atoms. The highest BCUT2D eigenvalue weighted by Crippen LogP contribution is 2.10. The highest BCUT2D eigenvalue weighted by molar-refractivity contribution is 9.10. The van der Waals surface area contributed by atoms with E-state index in [1.165, 1.54) is 0 Å². The Hall–Kier alpha value is -0.940. The van der Waals surface area contributed by atoms with Gasteiger partial charge in [0.2, 0.25) is 0 Å². The zero-order chi connectivity index (χ0) is 13.5. The van der Waals surface area contributed by atoms with Gasteiger partial charge in [-0.2, -0.15) is 0 Å². The van der Waals surface area contributed by atoms with Crippen molar-refractivity contribution in [3.8, 4) is 0 Å². The van der Waals surface area contributed by atoms with Gasteiger partial charge in [-0.05, 0) is 34.8 Å². The molecule has 1 atom stereocenters. The highest BCUT2D eigenvalue weighted by atomic mass is 79.9. The Labute approximate surface area is 116 Å². The molecule has 1 N–H and O–H groups in total. The predicted molar refractivity (Wildman–Crippen MR) is 74.5 cm³/mol. The summed E-state index contributed by atoms with van der Waals surface area (Å²) in [4.78, 5) is 16.0. The van der Waals surface area contributed by atoms with Crippen LogP contribution in [0.1, 0.15) is 31.1 Å². The largest absolute Gasteiger partial charge is 0.380 e. The van der Waals surface area contributed by atoms with Crippen molar-refractivity contribution in [3.05, 3.63) is 28.5 Å². The normalized spacial score (nSPS) is 12.5. The number of carbonyl (C=O) groups excluding carboxylic acids is 1. The van der Waals surface area contributed by atoms with Gasteiger partial charge in [-0.1, -0.05) is 13.8 Å². The molecule has 0 fully saturated rings. The van der Waals surface area contributed by atoms with Crippen LogP contribution in [0.25, 0.3) is 0 Å². The fourth-order valence-corrected chi connectivity index (χ4v) is 1.80. The van der Waals surface area contributed by atoms with Crippen LogP contribution in [0.15, 0.2) is 22.9 Å². The van der Waals surface area contributed by atoms with Gasteiger partial charge >= 0.3 is 0 Å². The van der Waals surface area contributed by atoms with Gasteiger partial charge in [0, 0.05) is 23.5 Å². The summed E-state index contributed by atoms with van der Waals surface area (Å²) >= 11 is 3.30. The van der Waals surface area contributed by atoms with E-state index in [2.05, 4.69) is 40.1 Å². The molecule has 0 spiro atoms. The lowest BCUT2D eigenvalue weighted by molar-refractivity contribution is 0.0806. The van der Waals surface area contributed by atoms with Crippen LogP contribution in [-0.2, 0) is 4.74 Å². The van der Waals surface area contributed by atoms with E-state index in [0.717, 1.165) is 4.47 Å². The van der Waals surface area contributed by atoms with Gasteiger partial charge in [-0.25, -0.2) is 0 Å². The second-order valence-electron chi connectivity index (χ2n) is 4.38. The number of aromatic nitrogens is 1. The maximum Gasteiger partial charge on any atom is 0.253 e. The molecule has 0 saturated carbocycles. The van der Waals surface area contributed by atoms with Crippen LogP contribution in [0.5, 0.6) is 0 Å². The van der Waals surface area contributed by atoms with Crippen LogP contribution in [0, 0.1) is 5.92 Å². The van der Waals surface area contributed by atoms with Crippen molar-refractivity contribution in [2.24, 2.45) is 5.92 Å². The SMILES string of the molecule is CCOCC(NC(=O)c1cncc(Br)c1)C(C)C. The lowest BCUT2D eigenvalue weighted by atomic mass is 10.0. The summed E-state index contributed by atoms with van der Waals surface area (Å²) in [6, 6.07) is 1.76. The number of hydrogen-bond acceptors (Lipinski definition) is 3. The predicted octanol–water partition coefficient (Wildman–Crippen LogP) is 2.64. The van der Waals surface area contributed by atoms with Crippen LogP contribution in [0.4, 0.5) is 0 Å². The average molecular weight is 315 g/mol. The number of ether oxygens (including phenoxy) is 1. The Balaban J connectivity index is 2.66. The number of halogens is 1. The van der Waals surface area contributed by atoms with E-state index in [1.54, 1.807) is 18.5 Å². The maximum absolute atomic E-state index is 12.0. The first-order valence-electron chi connectivity index (χ1n) is 6.03. The summed E-state index contributed by atoms with van der Waals surface area (Å²) in [7, 11) is 0. The molecule has 5 heteroatoms. The van der Waals surface area contributed by atoms with Crippen molar-refractivity contribution in [1.29, 1.82) is 0 Å². The molecule has 0 bridgehead atoms. The van der Waals surface area contributed by atoms with Gasteiger partial charge in [0.05, 0.1) is 18.2 Å². The third-order valence-corrected chi connectivity index (χ3v) is 3.02. The summed E-state index contributed by atoms with van der Waals surface area (Å²) in [6.45, 7) is 7.24. The summed E-state index contributed by atoms with van der Waals surface area (Å²) in [6.07, 6.45) is 3.20. The van der Waals surface area contributed by atoms with Crippen molar-refractivity contribution < 1.29 is 9.53 Å². The van der Waals surface area contributed by atoms with Gasteiger partial charge in [0.15, 0.2) is 0 Å².